The monoisotopic (exact) mass is 724 g/mol. The first-order valence-electron chi connectivity index (χ1n) is 16.2. The van der Waals surface area contributed by atoms with Gasteiger partial charge in [0.2, 0.25) is 0 Å². The van der Waals surface area contributed by atoms with Crippen molar-refractivity contribution in [1.82, 2.24) is 0 Å². The van der Waals surface area contributed by atoms with Crippen LogP contribution >= 0.6 is 0 Å². The molecule has 3 heteroatoms. The van der Waals surface area contributed by atoms with E-state index in [1.807, 2.05) is 0 Å². The molecule has 0 amide bonds. The minimum absolute atomic E-state index is 0. The first kappa shape index (κ1) is 39.7. The van der Waals surface area contributed by atoms with Crippen LogP contribution in [0.3, 0.4) is 0 Å². The van der Waals surface area contributed by atoms with E-state index in [-0.39, 0.29) is 24.8 Å². The molecule has 0 nitrogen and oxygen atoms in total. The molecule has 240 valence electrons. The minimum Gasteiger partial charge on any atom is -0.126 e. The summed E-state index contributed by atoms with van der Waals surface area (Å²) in [5, 5.41) is 5.39. The third-order valence-electron chi connectivity index (χ3n) is 8.34. The van der Waals surface area contributed by atoms with Gasteiger partial charge in [-0.25, -0.2) is 5.57 Å². The molecule has 5 aromatic carbocycles. The molecule has 0 radical (unpaired) electrons. The van der Waals surface area contributed by atoms with Gasteiger partial charge in [-0.05, 0) is 5.92 Å². The zero-order chi connectivity index (χ0) is 31.8. The van der Waals surface area contributed by atoms with Gasteiger partial charge in [-0.1, -0.05) is 115 Å². The summed E-state index contributed by atoms with van der Waals surface area (Å²) in [7, 11) is 0. The summed E-state index contributed by atoms with van der Waals surface area (Å²) in [6.45, 7) is 18.5. The van der Waals surface area contributed by atoms with Crippen LogP contribution in [0.15, 0.2) is 132 Å². The maximum absolute atomic E-state index is 3.80. The van der Waals surface area contributed by atoms with Gasteiger partial charge in [-0.3, -0.25) is 6.08 Å². The Morgan fingerprint density at radius 3 is 1.35 bits per heavy atom. The smallest absolute Gasteiger partial charge is 0.0771 e. The Labute approximate surface area is 305 Å². The average molecular weight is 727 g/mol. The van der Waals surface area contributed by atoms with Gasteiger partial charge in [0.1, 0.15) is 0 Å². The van der Waals surface area contributed by atoms with Crippen molar-refractivity contribution in [1.29, 1.82) is 0 Å². The molecule has 0 aromatic heterocycles. The van der Waals surface area contributed by atoms with Gasteiger partial charge in [-0.2, -0.15) is 11.1 Å². The van der Waals surface area contributed by atoms with Gasteiger partial charge in [0.15, 0.2) is 0 Å². The minimum atomic E-state index is 0. The number of benzene rings is 4. The van der Waals surface area contributed by atoms with Crippen molar-refractivity contribution in [2.45, 2.75) is 55.4 Å². The molecule has 6 rings (SSSR count). The summed E-state index contributed by atoms with van der Waals surface area (Å²) in [4.78, 5) is 0. The van der Waals surface area contributed by atoms with Crippen molar-refractivity contribution in [3.05, 3.63) is 149 Å². The molecular formula is C43H48Cl2Zr-2. The number of rotatable bonds is 6. The van der Waals surface area contributed by atoms with Gasteiger partial charge >= 0.3 is 99.2 Å². The fourth-order valence-electron chi connectivity index (χ4n) is 6.24. The average Bonchev–Trinajstić information content (AvgIpc) is 3.63. The third-order valence-corrected chi connectivity index (χ3v) is 9.76. The number of hydrogen-bond donors (Lipinski definition) is 0. The van der Waals surface area contributed by atoms with Crippen molar-refractivity contribution in [2.24, 2.45) is 29.6 Å². The topological polar surface area (TPSA) is 0 Å². The Balaban J connectivity index is 0.000000236. The summed E-state index contributed by atoms with van der Waals surface area (Å²) in [5.41, 5.74) is 7.41. The summed E-state index contributed by atoms with van der Waals surface area (Å²) in [6.07, 6.45) is 3.80. The molecular weight excluding hydrogens is 679 g/mol. The van der Waals surface area contributed by atoms with Crippen LogP contribution < -0.4 is 24.8 Å². The molecule has 0 aliphatic heterocycles. The fraction of sp³-hybridized carbons (Fsp3) is 0.302. The number of hydrogen-bond acceptors (Lipinski definition) is 0. The van der Waals surface area contributed by atoms with Crippen LogP contribution in [0.2, 0.25) is 0 Å². The summed E-state index contributed by atoms with van der Waals surface area (Å²) < 4.78 is 1.42. The Kier molecular flexibility index (Phi) is 16.2. The molecule has 0 saturated carbocycles. The van der Waals surface area contributed by atoms with E-state index in [9.17, 15) is 0 Å². The van der Waals surface area contributed by atoms with Crippen molar-refractivity contribution < 1.29 is 49.0 Å². The maximum atomic E-state index is 3.80. The predicted molar refractivity (Wildman–Crippen MR) is 190 cm³/mol. The van der Waals surface area contributed by atoms with E-state index >= 15 is 0 Å². The van der Waals surface area contributed by atoms with Gasteiger partial charge in [0.05, 0.1) is 0 Å². The van der Waals surface area contributed by atoms with Crippen LogP contribution in [0.25, 0.3) is 21.5 Å². The number of allylic oxidation sites excluding steroid dienone is 4. The number of fused-ring (bicyclic) bond motifs is 3. The third kappa shape index (κ3) is 9.79. The molecule has 0 heterocycles. The second-order valence-electron chi connectivity index (χ2n) is 13.0. The van der Waals surface area contributed by atoms with Gasteiger partial charge in [0.25, 0.3) is 0 Å². The maximum Gasteiger partial charge on any atom is -0.0771 e. The quantitative estimate of drug-likeness (QED) is 0.195. The van der Waals surface area contributed by atoms with E-state index in [2.05, 4.69) is 177 Å². The van der Waals surface area contributed by atoms with E-state index in [1.54, 1.807) is 11.1 Å². The Morgan fingerprint density at radius 1 is 0.565 bits per heavy atom. The van der Waals surface area contributed by atoms with E-state index < -0.39 is 0 Å². The second kappa shape index (κ2) is 18.8. The van der Waals surface area contributed by atoms with Gasteiger partial charge in [-0.15, -0.1) is 39.7 Å². The van der Waals surface area contributed by atoms with E-state index in [1.165, 1.54) is 65.7 Å². The first-order chi connectivity index (χ1) is 21.1. The molecule has 46 heavy (non-hydrogen) atoms. The van der Waals surface area contributed by atoms with Crippen LogP contribution in [-0.2, 0) is 24.2 Å². The molecule has 5 aromatic rings. The summed E-state index contributed by atoms with van der Waals surface area (Å²) >= 11 is 1.46. The molecule has 1 aliphatic rings. The van der Waals surface area contributed by atoms with Crippen LogP contribution in [0.1, 0.15) is 66.5 Å². The number of halogens is 2. The molecule has 1 unspecified atom stereocenters. The van der Waals surface area contributed by atoms with E-state index in [0.717, 1.165) is 0 Å². The van der Waals surface area contributed by atoms with Crippen molar-refractivity contribution >= 4 is 24.8 Å². The first-order valence-corrected chi connectivity index (χ1v) is 17.4. The molecule has 0 fully saturated rings. The fourth-order valence-corrected chi connectivity index (χ4v) is 7.06. The molecule has 0 N–H and O–H groups in total. The molecule has 0 spiro atoms. The van der Waals surface area contributed by atoms with E-state index in [4.69, 9.17) is 0 Å². The normalized spacial score (nSPS) is 14.0. The van der Waals surface area contributed by atoms with Crippen molar-refractivity contribution in [3.63, 3.8) is 0 Å². The van der Waals surface area contributed by atoms with Crippen LogP contribution in [0.5, 0.6) is 0 Å². The van der Waals surface area contributed by atoms with E-state index in [0.29, 0.717) is 29.6 Å². The zero-order valence-electron chi connectivity index (χ0n) is 28.6. The Bertz CT molecular complexity index is 1630. The van der Waals surface area contributed by atoms with Crippen LogP contribution in [0, 0.1) is 35.7 Å². The standard InChI is InChI=1S/C17H29.C13H9.C13H10.2ClH.Zr/c1-10(2)14-9-15(11(3)4)17(13(7)8)16(14)12(5)6;1-3-7-12-10(5-1)9-11-6-2-4-8-13(11)12;1-3-7-12(8-4-1)11-13-9-5-2-6-10-13;;;/h10-14H,1-8H3;1-9H;1-10H;2*1H;/q2*-1;;;;+2/p-2. The summed E-state index contributed by atoms with van der Waals surface area (Å²) in [6, 6.07) is 40.4. The molecule has 0 saturated heterocycles. The largest absolute Gasteiger partial charge is 0.126 e. The zero-order valence-corrected chi connectivity index (χ0v) is 32.6. The van der Waals surface area contributed by atoms with Crippen molar-refractivity contribution in [2.75, 3.05) is 0 Å². The molecule has 1 aliphatic carbocycles. The molecule has 0 bridgehead atoms. The van der Waals surface area contributed by atoms with Crippen LogP contribution in [-0.4, -0.2) is 3.21 Å². The van der Waals surface area contributed by atoms with Gasteiger partial charge in [0, 0.05) is 0 Å². The Hall–Kier alpha value is -2.44. The van der Waals surface area contributed by atoms with Crippen molar-refractivity contribution in [3.8, 4) is 0 Å². The summed E-state index contributed by atoms with van der Waals surface area (Å²) in [5.74, 6) is 3.08. The van der Waals surface area contributed by atoms with Crippen LogP contribution in [0.4, 0.5) is 0 Å². The SMILES string of the molecule is CC(C)C1=[C-]C(C(C)C)C(C(C)C)=C1C(C)C.[Cl-].[Cl-].[Zr+2]=[C](c1ccccc1)c1ccccc1.c1ccc2c(c1)[cH-]c1ccccc12. The Morgan fingerprint density at radius 2 is 0.978 bits per heavy atom. The van der Waals surface area contributed by atoms with Gasteiger partial charge < -0.3 is 24.8 Å². The predicted octanol–water partition coefficient (Wildman–Crippen LogP) is 5.79. The second-order valence-corrected chi connectivity index (χ2v) is 14.3. The molecule has 1 atom stereocenters.